The van der Waals surface area contributed by atoms with E-state index in [0.717, 1.165) is 12.2 Å². The fourth-order valence-corrected chi connectivity index (χ4v) is 1.38. The highest BCUT2D eigenvalue weighted by atomic mass is 16.6. The van der Waals surface area contributed by atoms with Gasteiger partial charge in [-0.3, -0.25) is 10.1 Å². The largest absolute Gasteiger partial charge is 0.486 e. The van der Waals surface area contributed by atoms with Crippen molar-refractivity contribution in [1.82, 2.24) is 0 Å². The van der Waals surface area contributed by atoms with Crippen molar-refractivity contribution in [2.45, 2.75) is 13.0 Å². The first kappa shape index (κ1) is 8.80. The second kappa shape index (κ2) is 3.17. The molecule has 1 aliphatic rings. The molecular weight excluding hydrogens is 184 g/mol. The Hall–Kier alpha value is -1.78. The number of rotatable bonds is 1. The Morgan fingerprint density at radius 2 is 2.43 bits per heavy atom. The first-order valence-electron chi connectivity index (χ1n) is 4.36. The van der Waals surface area contributed by atoms with Crippen molar-refractivity contribution in [3.8, 4) is 5.75 Å². The van der Waals surface area contributed by atoms with Gasteiger partial charge in [-0.2, -0.15) is 0 Å². The van der Waals surface area contributed by atoms with Gasteiger partial charge in [-0.25, -0.2) is 0 Å². The number of fused-ring (bicyclic) bond motifs is 1. The highest BCUT2D eigenvalue weighted by molar-refractivity contribution is 5.61. The normalized spacial score (nSPS) is 19.1. The zero-order valence-corrected chi connectivity index (χ0v) is 7.69. The van der Waals surface area contributed by atoms with Crippen LogP contribution in [0.25, 0.3) is 0 Å². The molecule has 1 aliphatic heterocycles. The highest BCUT2D eigenvalue weighted by Gasteiger charge is 2.18. The van der Waals surface area contributed by atoms with Gasteiger partial charge in [0, 0.05) is 6.07 Å². The number of anilines is 1. The Morgan fingerprint density at radius 3 is 3.14 bits per heavy atom. The van der Waals surface area contributed by atoms with Crippen LogP contribution in [0.4, 0.5) is 11.4 Å². The zero-order valence-electron chi connectivity index (χ0n) is 7.69. The van der Waals surface area contributed by atoms with Crippen LogP contribution in [-0.4, -0.2) is 17.6 Å². The zero-order chi connectivity index (χ0) is 10.1. The third-order valence-corrected chi connectivity index (χ3v) is 2.08. The van der Waals surface area contributed by atoms with Crippen LogP contribution in [0, 0.1) is 10.1 Å². The first-order valence-corrected chi connectivity index (χ1v) is 4.36. The van der Waals surface area contributed by atoms with Crippen LogP contribution in [0.3, 0.4) is 0 Å². The topological polar surface area (TPSA) is 64.4 Å². The Bertz CT molecular complexity index is 378. The molecule has 1 atom stereocenters. The second-order valence-corrected chi connectivity index (χ2v) is 3.25. The molecule has 1 aromatic carbocycles. The van der Waals surface area contributed by atoms with Crippen molar-refractivity contribution in [1.29, 1.82) is 0 Å². The van der Waals surface area contributed by atoms with E-state index >= 15 is 0 Å². The fraction of sp³-hybridized carbons (Fsp3) is 0.333. The number of nitro benzene ring substituents is 1. The Kier molecular flexibility index (Phi) is 1.99. The molecule has 0 spiro atoms. The van der Waals surface area contributed by atoms with E-state index in [1.807, 2.05) is 6.92 Å². The molecule has 5 nitrogen and oxygen atoms in total. The summed E-state index contributed by atoms with van der Waals surface area (Å²) in [6.45, 7) is 2.64. The van der Waals surface area contributed by atoms with Crippen LogP contribution in [0.15, 0.2) is 18.2 Å². The minimum atomic E-state index is -0.428. The van der Waals surface area contributed by atoms with E-state index in [0.29, 0.717) is 5.75 Å². The van der Waals surface area contributed by atoms with Crippen LogP contribution in [-0.2, 0) is 0 Å². The molecule has 1 aromatic rings. The van der Waals surface area contributed by atoms with Crippen LogP contribution in [0.2, 0.25) is 0 Å². The summed E-state index contributed by atoms with van der Waals surface area (Å²) in [6.07, 6.45) is 0.0458. The Balaban J connectivity index is 2.37. The summed E-state index contributed by atoms with van der Waals surface area (Å²) in [7, 11) is 0. The third-order valence-electron chi connectivity index (χ3n) is 2.08. The molecule has 0 unspecified atom stereocenters. The number of benzene rings is 1. The van der Waals surface area contributed by atoms with Gasteiger partial charge in [-0.1, -0.05) is 0 Å². The average Bonchev–Trinajstić information content (AvgIpc) is 2.16. The van der Waals surface area contributed by atoms with Gasteiger partial charge in [-0.15, -0.1) is 0 Å². The second-order valence-electron chi connectivity index (χ2n) is 3.25. The maximum absolute atomic E-state index is 10.5. The number of nitro groups is 1. The first-order chi connectivity index (χ1) is 6.66. The van der Waals surface area contributed by atoms with Crippen molar-refractivity contribution in [3.05, 3.63) is 28.3 Å². The molecule has 0 fully saturated rings. The van der Waals surface area contributed by atoms with Crippen LogP contribution in [0.1, 0.15) is 6.92 Å². The molecule has 2 rings (SSSR count). The summed E-state index contributed by atoms with van der Waals surface area (Å²) in [5.41, 5.74) is 0.869. The summed E-state index contributed by atoms with van der Waals surface area (Å²) in [4.78, 5) is 10.1. The lowest BCUT2D eigenvalue weighted by Crippen LogP contribution is -2.27. The van der Waals surface area contributed by atoms with Crippen LogP contribution < -0.4 is 10.1 Å². The molecule has 0 saturated carbocycles. The molecule has 14 heavy (non-hydrogen) atoms. The minimum Gasteiger partial charge on any atom is -0.486 e. The summed E-state index contributed by atoms with van der Waals surface area (Å²) in [6, 6.07) is 4.57. The van der Waals surface area contributed by atoms with Gasteiger partial charge in [0.25, 0.3) is 5.69 Å². The van der Waals surface area contributed by atoms with E-state index in [-0.39, 0.29) is 11.8 Å². The SMILES string of the molecule is C[C@@H]1CNc2ccc([N+](=O)[O-])cc2O1. The number of ether oxygens (including phenoxy) is 1. The lowest BCUT2D eigenvalue weighted by Gasteiger charge is -2.24. The van der Waals surface area contributed by atoms with E-state index in [1.54, 1.807) is 6.07 Å². The molecule has 5 heteroatoms. The van der Waals surface area contributed by atoms with Crippen molar-refractivity contribution < 1.29 is 9.66 Å². The molecular formula is C9H10N2O3. The molecule has 1 heterocycles. The maximum Gasteiger partial charge on any atom is 0.273 e. The predicted molar refractivity (Wildman–Crippen MR) is 51.7 cm³/mol. The smallest absolute Gasteiger partial charge is 0.273 e. The van der Waals surface area contributed by atoms with Gasteiger partial charge in [0.15, 0.2) is 0 Å². The molecule has 0 bridgehead atoms. The van der Waals surface area contributed by atoms with E-state index in [2.05, 4.69) is 5.32 Å². The number of non-ortho nitro benzene ring substituents is 1. The number of hydrogen-bond acceptors (Lipinski definition) is 4. The van der Waals surface area contributed by atoms with Gasteiger partial charge in [0.1, 0.15) is 11.9 Å². The summed E-state index contributed by atoms with van der Waals surface area (Å²) >= 11 is 0. The van der Waals surface area contributed by atoms with E-state index < -0.39 is 4.92 Å². The number of nitrogens with zero attached hydrogens (tertiary/aromatic N) is 1. The van der Waals surface area contributed by atoms with E-state index in [4.69, 9.17) is 4.74 Å². The van der Waals surface area contributed by atoms with Gasteiger partial charge in [-0.05, 0) is 13.0 Å². The van der Waals surface area contributed by atoms with Crippen LogP contribution in [0.5, 0.6) is 5.75 Å². The molecule has 0 amide bonds. The molecule has 0 aromatic heterocycles. The minimum absolute atomic E-state index is 0.0458. The standard InChI is InChI=1S/C9H10N2O3/c1-6-5-10-8-3-2-7(11(12)13)4-9(8)14-6/h2-4,6,10H,5H2,1H3/t6-/m1/s1. The van der Waals surface area contributed by atoms with Gasteiger partial charge in [0.05, 0.1) is 23.2 Å². The Labute approximate surface area is 80.8 Å². The average molecular weight is 194 g/mol. The lowest BCUT2D eigenvalue weighted by molar-refractivity contribution is -0.384. The highest BCUT2D eigenvalue weighted by Crippen LogP contribution is 2.32. The van der Waals surface area contributed by atoms with Gasteiger partial charge >= 0.3 is 0 Å². The summed E-state index contributed by atoms with van der Waals surface area (Å²) < 4.78 is 5.46. The number of nitrogens with one attached hydrogen (secondary N) is 1. The quantitative estimate of drug-likeness (QED) is 0.546. The maximum atomic E-state index is 10.5. The van der Waals surface area contributed by atoms with Crippen molar-refractivity contribution in [3.63, 3.8) is 0 Å². The van der Waals surface area contributed by atoms with Crippen molar-refractivity contribution in [2.24, 2.45) is 0 Å². The van der Waals surface area contributed by atoms with Gasteiger partial charge < -0.3 is 10.1 Å². The fourth-order valence-electron chi connectivity index (χ4n) is 1.38. The number of hydrogen-bond donors (Lipinski definition) is 1. The van der Waals surface area contributed by atoms with E-state index in [9.17, 15) is 10.1 Å². The van der Waals surface area contributed by atoms with E-state index in [1.165, 1.54) is 12.1 Å². The monoisotopic (exact) mass is 194 g/mol. The molecule has 0 radical (unpaired) electrons. The Morgan fingerprint density at radius 1 is 1.64 bits per heavy atom. The molecule has 1 N–H and O–H groups in total. The lowest BCUT2D eigenvalue weighted by atomic mass is 10.2. The molecule has 0 saturated heterocycles. The van der Waals surface area contributed by atoms with Crippen molar-refractivity contribution >= 4 is 11.4 Å². The summed E-state index contributed by atoms with van der Waals surface area (Å²) in [5.74, 6) is 0.554. The molecule has 0 aliphatic carbocycles. The van der Waals surface area contributed by atoms with Gasteiger partial charge in [0.2, 0.25) is 0 Å². The summed E-state index contributed by atoms with van der Waals surface area (Å²) in [5, 5.41) is 13.6. The third kappa shape index (κ3) is 1.48. The van der Waals surface area contributed by atoms with Crippen molar-refractivity contribution in [2.75, 3.05) is 11.9 Å². The molecule has 74 valence electrons. The predicted octanol–water partition coefficient (Wildman–Crippen LogP) is 1.79. The van der Waals surface area contributed by atoms with Crippen LogP contribution >= 0.6 is 0 Å².